The van der Waals surface area contributed by atoms with Crippen LogP contribution >= 0.6 is 0 Å². The van der Waals surface area contributed by atoms with Crippen LogP contribution in [0.15, 0.2) is 30.6 Å². The molecule has 2 rings (SSSR count). The maximum atomic E-state index is 12.2. The fraction of sp³-hybridized carbons (Fsp3) is 0.333. The maximum Gasteiger partial charge on any atom is 0.406 e. The molecule has 0 aliphatic carbocycles. The summed E-state index contributed by atoms with van der Waals surface area (Å²) in [6, 6.07) is 6.91. The van der Waals surface area contributed by atoms with Gasteiger partial charge in [0.25, 0.3) is 0 Å². The molecule has 128 valence electrons. The van der Waals surface area contributed by atoms with Crippen molar-refractivity contribution in [2.45, 2.75) is 6.92 Å². The lowest BCUT2D eigenvalue weighted by Crippen LogP contribution is -2.34. The zero-order valence-corrected chi connectivity index (χ0v) is 13.7. The van der Waals surface area contributed by atoms with Gasteiger partial charge in [0, 0.05) is 19.3 Å². The largest absolute Gasteiger partial charge is 0.497 e. The average Bonchev–Trinajstić information content (AvgIpc) is 2.95. The molecule has 1 heterocycles. The van der Waals surface area contributed by atoms with E-state index in [0.717, 1.165) is 0 Å². The number of carbonyl (C=O) groups is 1. The van der Waals surface area contributed by atoms with E-state index in [-0.39, 0.29) is 18.3 Å². The molecule has 1 N–H and O–H groups in total. The van der Waals surface area contributed by atoms with Gasteiger partial charge in [-0.25, -0.2) is 0 Å². The number of hydrogen-bond donors (Lipinski definition) is 1. The van der Waals surface area contributed by atoms with Gasteiger partial charge in [-0.15, -0.1) is 0 Å². The van der Waals surface area contributed by atoms with Crippen molar-refractivity contribution in [3.8, 4) is 5.75 Å². The third-order valence-electron chi connectivity index (χ3n) is 3.45. The Labute approximate surface area is 139 Å². The van der Waals surface area contributed by atoms with Gasteiger partial charge in [-0.3, -0.25) is 9.36 Å². The van der Waals surface area contributed by atoms with E-state index in [1.54, 1.807) is 43.3 Å². The summed E-state index contributed by atoms with van der Waals surface area (Å²) in [7, 11) is 3.22. The number of aryl methyl sites for hydroxylation is 1. The molecule has 0 unspecified atom stereocenters. The van der Waals surface area contributed by atoms with E-state index in [0.29, 0.717) is 23.8 Å². The SMILES string of the molecule is CCN(CC(=O)Nc1ccc(OC)cc1)c1c([N+](=O)[O-])ncn1C. The smallest absolute Gasteiger partial charge is 0.406 e. The molecule has 24 heavy (non-hydrogen) atoms. The third-order valence-corrected chi connectivity index (χ3v) is 3.45. The zero-order chi connectivity index (χ0) is 17.7. The molecule has 9 nitrogen and oxygen atoms in total. The predicted octanol–water partition coefficient (Wildman–Crippen LogP) is 1.80. The van der Waals surface area contributed by atoms with Crippen molar-refractivity contribution in [2.75, 3.05) is 30.4 Å². The number of aromatic nitrogens is 2. The van der Waals surface area contributed by atoms with E-state index in [4.69, 9.17) is 4.74 Å². The van der Waals surface area contributed by atoms with Gasteiger partial charge in [-0.1, -0.05) is 0 Å². The van der Waals surface area contributed by atoms with Gasteiger partial charge in [0.2, 0.25) is 18.1 Å². The number of hydrogen-bond acceptors (Lipinski definition) is 6. The molecule has 0 saturated heterocycles. The Balaban J connectivity index is 2.11. The number of imidazole rings is 1. The molecule has 0 atom stereocenters. The first-order valence-electron chi connectivity index (χ1n) is 7.30. The highest BCUT2D eigenvalue weighted by Gasteiger charge is 2.26. The van der Waals surface area contributed by atoms with E-state index in [2.05, 4.69) is 10.3 Å². The second-order valence-corrected chi connectivity index (χ2v) is 5.05. The van der Waals surface area contributed by atoms with E-state index < -0.39 is 4.92 Å². The van der Waals surface area contributed by atoms with Gasteiger partial charge in [0.1, 0.15) is 5.75 Å². The van der Waals surface area contributed by atoms with Crippen LogP contribution in [0, 0.1) is 10.1 Å². The van der Waals surface area contributed by atoms with Gasteiger partial charge in [-0.2, -0.15) is 0 Å². The molecular formula is C15H19N5O4. The van der Waals surface area contributed by atoms with Crippen molar-refractivity contribution >= 4 is 23.2 Å². The van der Waals surface area contributed by atoms with Crippen molar-refractivity contribution in [3.63, 3.8) is 0 Å². The average molecular weight is 333 g/mol. The number of nitro groups is 1. The summed E-state index contributed by atoms with van der Waals surface area (Å²) in [6.07, 6.45) is 1.36. The van der Waals surface area contributed by atoms with Crippen LogP contribution < -0.4 is 15.0 Å². The zero-order valence-electron chi connectivity index (χ0n) is 13.7. The molecule has 1 aromatic carbocycles. The Morgan fingerprint density at radius 3 is 2.62 bits per heavy atom. The molecule has 1 aromatic heterocycles. The fourth-order valence-corrected chi connectivity index (χ4v) is 2.29. The topological polar surface area (TPSA) is 103 Å². The minimum atomic E-state index is -0.556. The quantitative estimate of drug-likeness (QED) is 0.612. The van der Waals surface area contributed by atoms with Crippen molar-refractivity contribution < 1.29 is 14.5 Å². The lowest BCUT2D eigenvalue weighted by Gasteiger charge is -2.21. The number of amides is 1. The summed E-state index contributed by atoms with van der Waals surface area (Å²) in [5.41, 5.74) is 0.622. The standard InChI is InChI=1S/C15H19N5O4/c1-4-19(15-14(20(22)23)16-10-18(15)2)9-13(21)17-11-5-7-12(24-3)8-6-11/h5-8,10H,4,9H2,1-3H3,(H,17,21). The van der Waals surface area contributed by atoms with Crippen molar-refractivity contribution in [1.29, 1.82) is 0 Å². The molecule has 0 spiro atoms. The van der Waals surface area contributed by atoms with Crippen molar-refractivity contribution in [2.24, 2.45) is 7.05 Å². The first-order chi connectivity index (χ1) is 11.5. The van der Waals surface area contributed by atoms with Crippen LogP contribution in [0.2, 0.25) is 0 Å². The highest BCUT2D eigenvalue weighted by molar-refractivity contribution is 5.94. The molecule has 0 aliphatic heterocycles. The molecule has 0 saturated carbocycles. The number of rotatable bonds is 7. The lowest BCUT2D eigenvalue weighted by molar-refractivity contribution is -0.388. The number of carbonyl (C=O) groups excluding carboxylic acids is 1. The normalized spacial score (nSPS) is 10.3. The first kappa shape index (κ1) is 17.3. The number of methoxy groups -OCH3 is 1. The van der Waals surface area contributed by atoms with Crippen LogP contribution in [0.5, 0.6) is 5.75 Å². The molecule has 2 aromatic rings. The van der Waals surface area contributed by atoms with Gasteiger partial charge >= 0.3 is 5.82 Å². The molecule has 0 radical (unpaired) electrons. The van der Waals surface area contributed by atoms with Crippen LogP contribution in [0.1, 0.15) is 6.92 Å². The second-order valence-electron chi connectivity index (χ2n) is 5.05. The number of ether oxygens (including phenoxy) is 1. The Bertz CT molecular complexity index is 726. The Hall–Kier alpha value is -3.10. The second kappa shape index (κ2) is 7.44. The first-order valence-corrected chi connectivity index (χ1v) is 7.30. The summed E-state index contributed by atoms with van der Waals surface area (Å²) in [5, 5.41) is 13.8. The number of nitrogens with zero attached hydrogens (tertiary/aromatic N) is 4. The molecule has 0 bridgehead atoms. The van der Waals surface area contributed by atoms with Crippen LogP contribution in [0.3, 0.4) is 0 Å². The van der Waals surface area contributed by atoms with Crippen LogP contribution in [-0.4, -0.2) is 40.6 Å². The number of anilines is 2. The summed E-state index contributed by atoms with van der Waals surface area (Å²) in [4.78, 5) is 28.1. The van der Waals surface area contributed by atoms with Crippen LogP contribution in [0.4, 0.5) is 17.3 Å². The number of likely N-dealkylation sites (N-methyl/N-ethyl adjacent to an activating group) is 1. The van der Waals surface area contributed by atoms with Crippen molar-refractivity contribution in [1.82, 2.24) is 9.55 Å². The highest BCUT2D eigenvalue weighted by Crippen LogP contribution is 2.25. The predicted molar refractivity (Wildman–Crippen MR) is 89.4 cm³/mol. The maximum absolute atomic E-state index is 12.2. The fourth-order valence-electron chi connectivity index (χ4n) is 2.29. The Morgan fingerprint density at radius 2 is 2.08 bits per heavy atom. The molecular weight excluding hydrogens is 314 g/mol. The Kier molecular flexibility index (Phi) is 5.35. The van der Waals surface area contributed by atoms with Crippen molar-refractivity contribution in [3.05, 3.63) is 40.7 Å². The monoisotopic (exact) mass is 333 g/mol. The van der Waals surface area contributed by atoms with E-state index in [1.165, 1.54) is 10.9 Å². The van der Waals surface area contributed by atoms with Gasteiger partial charge < -0.3 is 25.1 Å². The molecule has 1 amide bonds. The van der Waals surface area contributed by atoms with Crippen LogP contribution in [0.25, 0.3) is 0 Å². The Morgan fingerprint density at radius 1 is 1.42 bits per heavy atom. The summed E-state index contributed by atoms with van der Waals surface area (Å²) in [6.45, 7) is 2.22. The van der Waals surface area contributed by atoms with E-state index in [9.17, 15) is 14.9 Å². The lowest BCUT2D eigenvalue weighted by atomic mass is 10.3. The molecule has 0 aliphatic rings. The van der Waals surface area contributed by atoms with Crippen LogP contribution in [-0.2, 0) is 11.8 Å². The van der Waals surface area contributed by atoms with Gasteiger partial charge in [-0.05, 0) is 41.1 Å². The summed E-state index contributed by atoms with van der Waals surface area (Å²) < 4.78 is 6.59. The minimum absolute atomic E-state index is 0.0249. The van der Waals surface area contributed by atoms with Gasteiger partial charge in [0.15, 0.2) is 0 Å². The van der Waals surface area contributed by atoms with E-state index >= 15 is 0 Å². The molecule has 0 fully saturated rings. The minimum Gasteiger partial charge on any atom is -0.497 e. The summed E-state index contributed by atoms with van der Waals surface area (Å²) in [5.74, 6) is 0.440. The third kappa shape index (κ3) is 3.80. The van der Waals surface area contributed by atoms with E-state index in [1.807, 2.05) is 6.92 Å². The number of nitrogens with one attached hydrogen (secondary N) is 1. The highest BCUT2D eigenvalue weighted by atomic mass is 16.6. The van der Waals surface area contributed by atoms with Gasteiger partial charge in [0.05, 0.1) is 13.7 Å². The molecule has 9 heteroatoms. The summed E-state index contributed by atoms with van der Waals surface area (Å²) >= 11 is 0. The number of benzene rings is 1.